The Bertz CT molecular complexity index is 82.9. The third-order valence-corrected chi connectivity index (χ3v) is 0.960. The smallest absolute Gasteiger partial charge is 0.0756 e. The molecule has 0 spiro atoms. The standard InChI is InChI=1S/C5H12N2O/c1-5(2,8)3-7-4-6-7/h6,8H,3-4H2,1-2H3. The maximum atomic E-state index is 9.15. The van der Waals surface area contributed by atoms with Gasteiger partial charge in [-0.25, -0.2) is 10.4 Å². The lowest BCUT2D eigenvalue weighted by molar-refractivity contribution is 0.0617. The summed E-state index contributed by atoms with van der Waals surface area (Å²) in [6.07, 6.45) is 0. The highest BCUT2D eigenvalue weighted by Gasteiger charge is 2.24. The molecule has 1 saturated heterocycles. The van der Waals surface area contributed by atoms with Gasteiger partial charge < -0.3 is 5.11 Å². The van der Waals surface area contributed by atoms with Gasteiger partial charge in [-0.15, -0.1) is 0 Å². The van der Waals surface area contributed by atoms with Gasteiger partial charge in [0.25, 0.3) is 0 Å². The SMILES string of the molecule is CC(C)(O)CN1CN1. The van der Waals surface area contributed by atoms with Gasteiger partial charge in [0.15, 0.2) is 0 Å². The van der Waals surface area contributed by atoms with Crippen molar-refractivity contribution in [2.75, 3.05) is 13.2 Å². The van der Waals surface area contributed by atoms with Crippen LogP contribution in [0.25, 0.3) is 0 Å². The van der Waals surface area contributed by atoms with E-state index in [1.807, 2.05) is 5.01 Å². The molecule has 1 heterocycles. The number of hydrogen-bond acceptors (Lipinski definition) is 3. The van der Waals surface area contributed by atoms with E-state index in [2.05, 4.69) is 5.43 Å². The minimum atomic E-state index is -0.552. The third kappa shape index (κ3) is 2.26. The Morgan fingerprint density at radius 2 is 2.25 bits per heavy atom. The normalized spacial score (nSPS) is 28.1. The zero-order chi connectivity index (χ0) is 6.20. The van der Waals surface area contributed by atoms with E-state index in [1.165, 1.54) is 0 Å². The molecule has 0 aliphatic carbocycles. The number of β-amino-alcohol motifs (C(OH)–C–C–N with tert-alkyl or cyclic N) is 1. The lowest BCUT2D eigenvalue weighted by atomic mass is 10.1. The summed E-state index contributed by atoms with van der Waals surface area (Å²) in [5.74, 6) is 0. The monoisotopic (exact) mass is 116 g/mol. The summed E-state index contributed by atoms with van der Waals surface area (Å²) in [6, 6.07) is 0. The van der Waals surface area contributed by atoms with Crippen molar-refractivity contribution in [1.82, 2.24) is 10.4 Å². The van der Waals surface area contributed by atoms with Crippen LogP contribution in [0.15, 0.2) is 0 Å². The fourth-order valence-corrected chi connectivity index (χ4v) is 0.629. The second kappa shape index (κ2) is 1.69. The molecule has 1 fully saturated rings. The summed E-state index contributed by atoms with van der Waals surface area (Å²) in [5.41, 5.74) is 2.41. The Labute approximate surface area is 49.3 Å². The van der Waals surface area contributed by atoms with E-state index in [0.717, 1.165) is 6.67 Å². The number of hydrogen-bond donors (Lipinski definition) is 2. The molecule has 1 rings (SSSR count). The number of nitrogens with zero attached hydrogens (tertiary/aromatic N) is 1. The van der Waals surface area contributed by atoms with Crippen molar-refractivity contribution in [3.8, 4) is 0 Å². The lowest BCUT2D eigenvalue weighted by Crippen LogP contribution is -2.29. The Kier molecular flexibility index (Phi) is 1.27. The Hall–Kier alpha value is -0.120. The van der Waals surface area contributed by atoms with Gasteiger partial charge in [-0.1, -0.05) is 0 Å². The van der Waals surface area contributed by atoms with Crippen LogP contribution in [-0.4, -0.2) is 28.9 Å². The molecule has 2 N–H and O–H groups in total. The minimum absolute atomic E-state index is 0.552. The first-order valence-corrected chi connectivity index (χ1v) is 2.79. The molecule has 3 nitrogen and oxygen atoms in total. The summed E-state index contributed by atoms with van der Waals surface area (Å²) >= 11 is 0. The van der Waals surface area contributed by atoms with E-state index >= 15 is 0 Å². The molecule has 0 radical (unpaired) electrons. The van der Waals surface area contributed by atoms with Gasteiger partial charge >= 0.3 is 0 Å². The Balaban J connectivity index is 2.16. The minimum Gasteiger partial charge on any atom is -0.389 e. The van der Waals surface area contributed by atoms with Crippen LogP contribution in [-0.2, 0) is 0 Å². The summed E-state index contributed by atoms with van der Waals surface area (Å²) in [5, 5.41) is 11.1. The largest absolute Gasteiger partial charge is 0.389 e. The van der Waals surface area contributed by atoms with Crippen molar-refractivity contribution in [3.63, 3.8) is 0 Å². The van der Waals surface area contributed by atoms with E-state index < -0.39 is 5.60 Å². The van der Waals surface area contributed by atoms with Crippen LogP contribution in [0, 0.1) is 0 Å². The number of rotatable bonds is 2. The number of hydrazine groups is 1. The molecule has 0 aromatic heterocycles. The maximum absolute atomic E-state index is 9.15. The quantitative estimate of drug-likeness (QED) is 0.480. The van der Waals surface area contributed by atoms with E-state index in [9.17, 15) is 0 Å². The molecule has 8 heavy (non-hydrogen) atoms. The Morgan fingerprint density at radius 1 is 1.75 bits per heavy atom. The van der Waals surface area contributed by atoms with Gasteiger partial charge in [0.2, 0.25) is 0 Å². The molecule has 1 atom stereocenters. The third-order valence-electron chi connectivity index (χ3n) is 0.960. The molecule has 0 aromatic rings. The van der Waals surface area contributed by atoms with E-state index in [-0.39, 0.29) is 0 Å². The second-order valence-electron chi connectivity index (χ2n) is 2.83. The van der Waals surface area contributed by atoms with Gasteiger partial charge in [0.1, 0.15) is 0 Å². The van der Waals surface area contributed by atoms with Gasteiger partial charge in [0.05, 0.1) is 12.3 Å². The second-order valence-corrected chi connectivity index (χ2v) is 2.83. The van der Waals surface area contributed by atoms with Crippen molar-refractivity contribution >= 4 is 0 Å². The van der Waals surface area contributed by atoms with Gasteiger partial charge in [-0.05, 0) is 13.8 Å². The summed E-state index contributed by atoms with van der Waals surface area (Å²) in [7, 11) is 0. The molecule has 1 unspecified atom stereocenters. The maximum Gasteiger partial charge on any atom is 0.0756 e. The van der Waals surface area contributed by atoms with Crippen molar-refractivity contribution in [3.05, 3.63) is 0 Å². The van der Waals surface area contributed by atoms with Crippen molar-refractivity contribution in [2.45, 2.75) is 19.4 Å². The molecule has 0 amide bonds. The van der Waals surface area contributed by atoms with Crippen LogP contribution < -0.4 is 5.43 Å². The molecule has 1 aliphatic rings. The van der Waals surface area contributed by atoms with Crippen LogP contribution >= 0.6 is 0 Å². The van der Waals surface area contributed by atoms with Crippen LogP contribution in [0.1, 0.15) is 13.8 Å². The molecule has 0 aromatic carbocycles. The number of aliphatic hydroxyl groups is 1. The topological polar surface area (TPSA) is 45.2 Å². The highest BCUT2D eigenvalue weighted by Crippen LogP contribution is 2.06. The van der Waals surface area contributed by atoms with Gasteiger partial charge in [0, 0.05) is 6.54 Å². The molecule has 0 bridgehead atoms. The fraction of sp³-hybridized carbons (Fsp3) is 1.00. The highest BCUT2D eigenvalue weighted by atomic mass is 16.3. The fourth-order valence-electron chi connectivity index (χ4n) is 0.629. The molecular formula is C5H12N2O. The first-order valence-electron chi connectivity index (χ1n) is 2.79. The van der Waals surface area contributed by atoms with Crippen molar-refractivity contribution < 1.29 is 5.11 Å². The molecular weight excluding hydrogens is 104 g/mol. The predicted molar refractivity (Wildman–Crippen MR) is 31.0 cm³/mol. The molecule has 0 saturated carbocycles. The van der Waals surface area contributed by atoms with Crippen LogP contribution in [0.3, 0.4) is 0 Å². The average Bonchev–Trinajstić information content (AvgIpc) is 2.12. The summed E-state index contributed by atoms with van der Waals surface area (Å²) in [4.78, 5) is 0. The first kappa shape index (κ1) is 6.01. The molecule has 1 aliphatic heterocycles. The van der Waals surface area contributed by atoms with E-state index in [0.29, 0.717) is 6.54 Å². The average molecular weight is 116 g/mol. The molecule has 48 valence electrons. The van der Waals surface area contributed by atoms with Crippen molar-refractivity contribution in [1.29, 1.82) is 0 Å². The van der Waals surface area contributed by atoms with E-state index in [1.54, 1.807) is 13.8 Å². The van der Waals surface area contributed by atoms with Gasteiger partial charge in [-0.3, -0.25) is 0 Å². The van der Waals surface area contributed by atoms with E-state index in [4.69, 9.17) is 5.11 Å². The first-order chi connectivity index (χ1) is 3.58. The highest BCUT2D eigenvalue weighted by molar-refractivity contribution is 4.73. The Morgan fingerprint density at radius 3 is 2.38 bits per heavy atom. The van der Waals surface area contributed by atoms with Gasteiger partial charge in [-0.2, -0.15) is 0 Å². The summed E-state index contributed by atoms with van der Waals surface area (Å²) < 4.78 is 0. The predicted octanol–water partition coefficient (Wildman–Crippen LogP) is -0.465. The number of nitrogens with one attached hydrogen (secondary N) is 1. The summed E-state index contributed by atoms with van der Waals surface area (Å²) in [6.45, 7) is 5.23. The van der Waals surface area contributed by atoms with Crippen LogP contribution in [0.2, 0.25) is 0 Å². The zero-order valence-electron chi connectivity index (χ0n) is 5.31. The molecule has 3 heteroatoms. The van der Waals surface area contributed by atoms with Crippen LogP contribution in [0.4, 0.5) is 0 Å². The lowest BCUT2D eigenvalue weighted by Gasteiger charge is -2.15. The zero-order valence-corrected chi connectivity index (χ0v) is 5.31. The van der Waals surface area contributed by atoms with Crippen LogP contribution in [0.5, 0.6) is 0 Å². The van der Waals surface area contributed by atoms with Crippen molar-refractivity contribution in [2.24, 2.45) is 0 Å².